The lowest BCUT2D eigenvalue weighted by Crippen LogP contribution is -2.51. The summed E-state index contributed by atoms with van der Waals surface area (Å²) < 4.78 is 11.7. The molecule has 29 heavy (non-hydrogen) atoms. The maximum atomic E-state index is 12.7. The van der Waals surface area contributed by atoms with Crippen LogP contribution in [0.5, 0.6) is 0 Å². The van der Waals surface area contributed by atoms with Crippen molar-refractivity contribution in [2.75, 3.05) is 0 Å². The van der Waals surface area contributed by atoms with Gasteiger partial charge in [-0.05, 0) is 74.5 Å². The number of carbonyl (C=O) groups excluding carboxylic acids is 2. The lowest BCUT2D eigenvalue weighted by atomic mass is 9.50. The van der Waals surface area contributed by atoms with Crippen LogP contribution in [0.1, 0.15) is 69.2 Å². The molecule has 5 rings (SSSR count). The Balaban J connectivity index is 1.37. The molecule has 1 heterocycles. The van der Waals surface area contributed by atoms with Crippen molar-refractivity contribution in [1.82, 2.24) is 0 Å². The number of hydrogen-bond acceptors (Lipinski definition) is 4. The van der Waals surface area contributed by atoms with Gasteiger partial charge in [0.2, 0.25) is 0 Å². The number of carbonyl (C=O) groups is 2. The summed E-state index contributed by atoms with van der Waals surface area (Å²) in [5, 5.41) is 0. The summed E-state index contributed by atoms with van der Waals surface area (Å²) in [6.07, 6.45) is 8.82. The molecule has 6 atom stereocenters. The number of allylic oxidation sites excluding steroid dienone is 2. The molecule has 0 aromatic heterocycles. The first-order valence-corrected chi connectivity index (χ1v) is 11.1. The van der Waals surface area contributed by atoms with Crippen LogP contribution >= 0.6 is 0 Å². The van der Waals surface area contributed by atoms with Gasteiger partial charge >= 0.3 is 11.9 Å². The maximum Gasteiger partial charge on any atom is 0.338 e. The van der Waals surface area contributed by atoms with E-state index in [9.17, 15) is 9.59 Å². The Morgan fingerprint density at radius 2 is 1.86 bits per heavy atom. The quantitative estimate of drug-likeness (QED) is 0.640. The van der Waals surface area contributed by atoms with E-state index in [1.165, 1.54) is 0 Å². The van der Waals surface area contributed by atoms with E-state index in [1.54, 1.807) is 0 Å². The van der Waals surface area contributed by atoms with Crippen molar-refractivity contribution in [1.29, 1.82) is 0 Å². The van der Waals surface area contributed by atoms with E-state index < -0.39 is 0 Å². The molecule has 0 unspecified atom stereocenters. The third-order valence-electron chi connectivity index (χ3n) is 8.64. The van der Waals surface area contributed by atoms with Crippen molar-refractivity contribution in [3.63, 3.8) is 0 Å². The van der Waals surface area contributed by atoms with E-state index >= 15 is 0 Å². The van der Waals surface area contributed by atoms with E-state index in [1.807, 2.05) is 30.3 Å². The first kappa shape index (κ1) is 18.9. The van der Waals surface area contributed by atoms with Gasteiger partial charge in [0.05, 0.1) is 5.56 Å². The van der Waals surface area contributed by atoms with Gasteiger partial charge in [0, 0.05) is 17.3 Å². The zero-order valence-electron chi connectivity index (χ0n) is 17.4. The van der Waals surface area contributed by atoms with Crippen molar-refractivity contribution in [3.05, 3.63) is 47.7 Å². The fourth-order valence-electron chi connectivity index (χ4n) is 6.99. The highest BCUT2D eigenvalue weighted by Gasteiger charge is 2.60. The van der Waals surface area contributed by atoms with E-state index in [2.05, 4.69) is 19.9 Å². The highest BCUT2D eigenvalue weighted by Crippen LogP contribution is 2.64. The summed E-state index contributed by atoms with van der Waals surface area (Å²) in [6, 6.07) is 9.33. The lowest BCUT2D eigenvalue weighted by molar-refractivity contribution is -0.152. The van der Waals surface area contributed by atoms with Crippen LogP contribution in [0.2, 0.25) is 0 Å². The molecule has 0 spiro atoms. The van der Waals surface area contributed by atoms with E-state index in [-0.39, 0.29) is 28.9 Å². The monoisotopic (exact) mass is 394 g/mol. The van der Waals surface area contributed by atoms with Gasteiger partial charge in [-0.25, -0.2) is 4.79 Å². The third kappa shape index (κ3) is 2.86. The Morgan fingerprint density at radius 3 is 2.66 bits per heavy atom. The number of hydrogen-bond donors (Lipinski definition) is 0. The van der Waals surface area contributed by atoms with Crippen LogP contribution in [0.3, 0.4) is 0 Å². The topological polar surface area (TPSA) is 52.6 Å². The Bertz CT molecular complexity index is 859. The molecule has 2 saturated carbocycles. The summed E-state index contributed by atoms with van der Waals surface area (Å²) >= 11 is 0. The zero-order valence-corrected chi connectivity index (χ0v) is 17.4. The second-order valence-electron chi connectivity index (χ2n) is 9.95. The largest absolute Gasteiger partial charge is 0.458 e. The summed E-state index contributed by atoms with van der Waals surface area (Å²) in [6.45, 7) is 4.64. The van der Waals surface area contributed by atoms with E-state index in [0.717, 1.165) is 44.3 Å². The van der Waals surface area contributed by atoms with Crippen molar-refractivity contribution >= 4 is 11.9 Å². The standard InChI is InChI=1S/C25H30O4/c1-24-14-12-19-17(8-10-20-25(19,2)15-13-22(26)28-20)18(24)9-11-21(24)29-23(27)16-6-4-3-5-7-16/h3-7,10,17-19,21H,8-9,11-15H2,1-2H3/t17-,18-,19-,21-,24-,25+/m0/s1. The second-order valence-corrected chi connectivity index (χ2v) is 9.95. The van der Waals surface area contributed by atoms with Crippen molar-refractivity contribution in [2.24, 2.45) is 28.6 Å². The van der Waals surface area contributed by atoms with Crippen molar-refractivity contribution in [3.8, 4) is 0 Å². The number of benzene rings is 1. The van der Waals surface area contributed by atoms with Crippen LogP contribution in [0, 0.1) is 28.6 Å². The van der Waals surface area contributed by atoms with Crippen LogP contribution in [0.15, 0.2) is 42.2 Å². The molecule has 4 aliphatic rings. The van der Waals surface area contributed by atoms with E-state index in [0.29, 0.717) is 29.7 Å². The first-order valence-electron chi connectivity index (χ1n) is 11.1. The Hall–Kier alpha value is -2.10. The lowest BCUT2D eigenvalue weighted by Gasteiger charge is -2.56. The first-order chi connectivity index (χ1) is 13.9. The molecule has 0 radical (unpaired) electrons. The highest BCUT2D eigenvalue weighted by molar-refractivity contribution is 5.89. The molecule has 3 fully saturated rings. The molecule has 1 aliphatic heterocycles. The zero-order chi connectivity index (χ0) is 20.2. The number of rotatable bonds is 2. The molecule has 1 saturated heterocycles. The second kappa shape index (κ2) is 6.72. The van der Waals surface area contributed by atoms with Crippen LogP contribution in [0.4, 0.5) is 0 Å². The predicted molar refractivity (Wildman–Crippen MR) is 109 cm³/mol. The minimum atomic E-state index is -0.198. The average Bonchev–Trinajstić information content (AvgIpc) is 3.05. The molecular formula is C25H30O4. The Labute approximate surface area is 172 Å². The van der Waals surface area contributed by atoms with Gasteiger partial charge in [0.1, 0.15) is 11.9 Å². The predicted octanol–water partition coefficient (Wildman–Crippen LogP) is 5.29. The average molecular weight is 395 g/mol. The summed E-state index contributed by atoms with van der Waals surface area (Å²) in [5.41, 5.74) is 0.658. The third-order valence-corrected chi connectivity index (χ3v) is 8.64. The molecule has 4 nitrogen and oxygen atoms in total. The summed E-state index contributed by atoms with van der Waals surface area (Å²) in [5.74, 6) is 2.33. The highest BCUT2D eigenvalue weighted by atomic mass is 16.5. The minimum Gasteiger partial charge on any atom is -0.458 e. The van der Waals surface area contributed by atoms with Crippen LogP contribution in [-0.2, 0) is 14.3 Å². The van der Waals surface area contributed by atoms with Gasteiger partial charge in [-0.15, -0.1) is 0 Å². The molecule has 1 aromatic carbocycles. The molecule has 1 aromatic rings. The smallest absolute Gasteiger partial charge is 0.338 e. The minimum absolute atomic E-state index is 0.0106. The van der Waals surface area contributed by atoms with Gasteiger partial charge in [-0.3, -0.25) is 4.79 Å². The molecule has 4 heteroatoms. The Kier molecular flexibility index (Phi) is 4.38. The fraction of sp³-hybridized carbons (Fsp3) is 0.600. The van der Waals surface area contributed by atoms with Crippen molar-refractivity contribution < 1.29 is 19.1 Å². The Morgan fingerprint density at radius 1 is 1.07 bits per heavy atom. The molecule has 0 bridgehead atoms. The number of esters is 2. The number of fused-ring (bicyclic) bond motifs is 5. The van der Waals surface area contributed by atoms with Gasteiger partial charge in [-0.2, -0.15) is 0 Å². The summed E-state index contributed by atoms with van der Waals surface area (Å²) in [4.78, 5) is 24.5. The molecular weight excluding hydrogens is 364 g/mol. The van der Waals surface area contributed by atoms with Gasteiger partial charge < -0.3 is 9.47 Å². The molecule has 3 aliphatic carbocycles. The van der Waals surface area contributed by atoms with Crippen LogP contribution in [-0.4, -0.2) is 18.0 Å². The molecule has 0 amide bonds. The van der Waals surface area contributed by atoms with Crippen LogP contribution < -0.4 is 0 Å². The summed E-state index contributed by atoms with van der Waals surface area (Å²) in [7, 11) is 0. The van der Waals surface area contributed by atoms with Gasteiger partial charge in [-0.1, -0.05) is 32.0 Å². The molecule has 154 valence electrons. The van der Waals surface area contributed by atoms with Gasteiger partial charge in [0.15, 0.2) is 0 Å². The molecule has 0 N–H and O–H groups in total. The van der Waals surface area contributed by atoms with Crippen molar-refractivity contribution in [2.45, 2.75) is 64.9 Å². The maximum absolute atomic E-state index is 12.7. The van der Waals surface area contributed by atoms with Gasteiger partial charge in [0.25, 0.3) is 0 Å². The SMILES string of the molecule is C[C@]12CC[C@H]3[C@@H](CC=C4OC(=O)CC[C@@]43C)[C@@H]1CC[C@@H]2OC(=O)c1ccccc1. The number of ether oxygens (including phenoxy) is 2. The fourth-order valence-corrected chi connectivity index (χ4v) is 6.99. The van der Waals surface area contributed by atoms with E-state index in [4.69, 9.17) is 9.47 Å². The van der Waals surface area contributed by atoms with Crippen LogP contribution in [0.25, 0.3) is 0 Å². The normalized spacial score (nSPS) is 40.8.